The Hall–Kier alpha value is -1.52. The minimum absolute atomic E-state index is 0.0458. The van der Waals surface area contributed by atoms with E-state index in [4.69, 9.17) is 5.73 Å². The molecule has 1 aliphatic rings. The minimum atomic E-state index is -3.83. The van der Waals surface area contributed by atoms with Gasteiger partial charge in [-0.05, 0) is 6.07 Å². The molecule has 0 aromatic carbocycles. The summed E-state index contributed by atoms with van der Waals surface area (Å²) in [5.41, 5.74) is 5.14. The summed E-state index contributed by atoms with van der Waals surface area (Å²) in [7, 11) is -2.34. The van der Waals surface area contributed by atoms with Crippen molar-refractivity contribution in [2.45, 2.75) is 17.6 Å². The summed E-state index contributed by atoms with van der Waals surface area (Å²) < 4.78 is 54.7. The Bertz CT molecular complexity index is 622. The summed E-state index contributed by atoms with van der Waals surface area (Å²) in [4.78, 5) is 11.0. The largest absolute Gasteiger partial charge is 0.364 e. The number of rotatable bonds is 5. The van der Waals surface area contributed by atoms with Crippen LogP contribution in [0.5, 0.6) is 0 Å². The quantitative estimate of drug-likeness (QED) is 0.810. The van der Waals surface area contributed by atoms with E-state index in [0.29, 0.717) is 0 Å². The molecule has 0 radical (unpaired) electrons. The Morgan fingerprint density at radius 3 is 2.55 bits per heavy atom. The number of sulfonamides is 1. The van der Waals surface area contributed by atoms with Gasteiger partial charge in [-0.15, -0.1) is 0 Å². The number of aromatic nitrogens is 1. The zero-order valence-corrected chi connectivity index (χ0v) is 11.3. The molecule has 1 fully saturated rings. The van der Waals surface area contributed by atoms with Crippen molar-refractivity contribution in [2.75, 3.05) is 13.1 Å². The molecule has 0 spiro atoms. The molecule has 112 valence electrons. The topological polar surface area (TPSA) is 94.6 Å². The molecule has 0 saturated carbocycles. The maximum atomic E-state index is 12.2. The van der Waals surface area contributed by atoms with Crippen molar-refractivity contribution < 1.29 is 26.7 Å². The molecular formula is C10H13F2N3O4S. The molecular weight excluding hydrogens is 296 g/mol. The summed E-state index contributed by atoms with van der Waals surface area (Å²) in [6.45, 7) is -3.22. The second-order valence-electron chi connectivity index (χ2n) is 4.38. The predicted octanol–water partition coefficient (Wildman–Crippen LogP) is -0.264. The molecule has 1 amide bonds. The van der Waals surface area contributed by atoms with Gasteiger partial charge in [-0.2, -0.15) is 13.1 Å². The number of halogens is 2. The summed E-state index contributed by atoms with van der Waals surface area (Å²) in [6, 6.07) is 1.15. The molecule has 0 unspecified atom stereocenters. The zero-order valence-electron chi connectivity index (χ0n) is 10.5. The van der Waals surface area contributed by atoms with E-state index in [1.807, 2.05) is 0 Å². The number of nitrogens with zero attached hydrogens (tertiary/aromatic N) is 2. The van der Waals surface area contributed by atoms with Gasteiger partial charge in [-0.25, -0.2) is 8.42 Å². The average molecular weight is 309 g/mol. The van der Waals surface area contributed by atoms with E-state index in [-0.39, 0.29) is 23.7 Å². The number of amides is 1. The second-order valence-corrected chi connectivity index (χ2v) is 6.31. The first-order valence-corrected chi connectivity index (χ1v) is 7.05. The fraction of sp³-hybridized carbons (Fsp3) is 0.500. The highest BCUT2D eigenvalue weighted by Crippen LogP contribution is 2.25. The molecule has 20 heavy (non-hydrogen) atoms. The van der Waals surface area contributed by atoms with E-state index < -0.39 is 28.6 Å². The third-order valence-electron chi connectivity index (χ3n) is 2.98. The lowest BCUT2D eigenvalue weighted by atomic mass is 10.2. The Balaban J connectivity index is 2.13. The van der Waals surface area contributed by atoms with Crippen LogP contribution in [0.4, 0.5) is 8.78 Å². The van der Waals surface area contributed by atoms with Crippen LogP contribution < -0.4 is 5.73 Å². The average Bonchev–Trinajstić information content (AvgIpc) is 2.65. The normalized spacial score (nSPS) is 17.4. The number of carbonyl (C=O) groups excluding carboxylic acids is 1. The summed E-state index contributed by atoms with van der Waals surface area (Å²) >= 11 is 0. The Morgan fingerprint density at radius 2 is 2.10 bits per heavy atom. The van der Waals surface area contributed by atoms with Crippen molar-refractivity contribution in [1.82, 2.24) is 8.87 Å². The van der Waals surface area contributed by atoms with Crippen molar-refractivity contribution in [1.29, 1.82) is 0 Å². The SMILES string of the molecule is Cn1cc(S(=O)(=O)N2CC(OC(F)F)C2)cc1C(N)=O. The highest BCUT2D eigenvalue weighted by molar-refractivity contribution is 7.89. The standard InChI is InChI=1S/C10H13F2N3O4S/c1-14-5-7(2-8(14)9(13)16)20(17,18)15-3-6(4-15)19-10(11)12/h2,5-6,10H,3-4H2,1H3,(H2,13,16). The lowest BCUT2D eigenvalue weighted by molar-refractivity contribution is -0.185. The highest BCUT2D eigenvalue weighted by atomic mass is 32.2. The second kappa shape index (κ2) is 5.11. The predicted molar refractivity (Wildman–Crippen MR) is 63.6 cm³/mol. The lowest BCUT2D eigenvalue weighted by Crippen LogP contribution is -2.55. The van der Waals surface area contributed by atoms with Gasteiger partial charge in [-0.1, -0.05) is 0 Å². The van der Waals surface area contributed by atoms with E-state index >= 15 is 0 Å². The van der Waals surface area contributed by atoms with E-state index in [1.54, 1.807) is 0 Å². The molecule has 2 N–H and O–H groups in total. The van der Waals surface area contributed by atoms with Crippen LogP contribution >= 0.6 is 0 Å². The number of ether oxygens (including phenoxy) is 1. The molecule has 7 nitrogen and oxygen atoms in total. The van der Waals surface area contributed by atoms with Gasteiger partial charge in [0.1, 0.15) is 10.6 Å². The molecule has 10 heteroatoms. The fourth-order valence-electron chi connectivity index (χ4n) is 1.90. The van der Waals surface area contributed by atoms with E-state index in [2.05, 4.69) is 4.74 Å². The number of primary amides is 1. The van der Waals surface area contributed by atoms with Crippen LogP contribution in [0.2, 0.25) is 0 Å². The van der Waals surface area contributed by atoms with Crippen LogP contribution in [0.25, 0.3) is 0 Å². The van der Waals surface area contributed by atoms with Crippen molar-refractivity contribution in [2.24, 2.45) is 12.8 Å². The number of aryl methyl sites for hydroxylation is 1. The first kappa shape index (κ1) is 14.9. The molecule has 1 aromatic rings. The maximum Gasteiger partial charge on any atom is 0.345 e. The van der Waals surface area contributed by atoms with Crippen molar-refractivity contribution in [3.05, 3.63) is 18.0 Å². The monoisotopic (exact) mass is 309 g/mol. The van der Waals surface area contributed by atoms with Crippen molar-refractivity contribution in [3.63, 3.8) is 0 Å². The first-order valence-electron chi connectivity index (χ1n) is 5.61. The molecule has 2 rings (SSSR count). The highest BCUT2D eigenvalue weighted by Gasteiger charge is 2.39. The van der Waals surface area contributed by atoms with Crippen LogP contribution in [0.15, 0.2) is 17.2 Å². The molecule has 2 heterocycles. The lowest BCUT2D eigenvalue weighted by Gasteiger charge is -2.37. The Labute approximate surface area is 114 Å². The fourth-order valence-corrected chi connectivity index (χ4v) is 3.47. The molecule has 0 aliphatic carbocycles. The van der Waals surface area contributed by atoms with Gasteiger partial charge in [-0.3, -0.25) is 4.79 Å². The number of hydrogen-bond acceptors (Lipinski definition) is 4. The van der Waals surface area contributed by atoms with Crippen LogP contribution in [-0.2, 0) is 21.8 Å². The Morgan fingerprint density at radius 1 is 1.50 bits per heavy atom. The maximum absolute atomic E-state index is 12.2. The number of carbonyl (C=O) groups is 1. The van der Waals surface area contributed by atoms with Gasteiger partial charge in [0.2, 0.25) is 10.0 Å². The number of nitrogens with two attached hydrogens (primary N) is 1. The molecule has 1 saturated heterocycles. The minimum Gasteiger partial charge on any atom is -0.364 e. The smallest absolute Gasteiger partial charge is 0.345 e. The number of alkyl halides is 2. The summed E-state index contributed by atoms with van der Waals surface area (Å²) in [5.74, 6) is -0.753. The summed E-state index contributed by atoms with van der Waals surface area (Å²) in [6.07, 6.45) is 0.431. The molecule has 1 aromatic heterocycles. The first-order chi connectivity index (χ1) is 9.21. The van der Waals surface area contributed by atoms with E-state index in [1.165, 1.54) is 17.8 Å². The van der Waals surface area contributed by atoms with Gasteiger partial charge < -0.3 is 15.0 Å². The van der Waals surface area contributed by atoms with Gasteiger partial charge in [0, 0.05) is 26.3 Å². The van der Waals surface area contributed by atoms with Crippen LogP contribution in [0.3, 0.4) is 0 Å². The van der Waals surface area contributed by atoms with Gasteiger partial charge in [0.15, 0.2) is 0 Å². The Kier molecular flexibility index (Phi) is 3.80. The van der Waals surface area contributed by atoms with E-state index in [0.717, 1.165) is 10.4 Å². The van der Waals surface area contributed by atoms with Gasteiger partial charge in [0.05, 0.1) is 6.10 Å². The third-order valence-corrected chi connectivity index (χ3v) is 4.78. The van der Waals surface area contributed by atoms with Crippen LogP contribution in [-0.4, -0.2) is 49.0 Å². The van der Waals surface area contributed by atoms with Crippen molar-refractivity contribution in [3.8, 4) is 0 Å². The third kappa shape index (κ3) is 2.67. The summed E-state index contributed by atoms with van der Waals surface area (Å²) in [5, 5.41) is 0. The van der Waals surface area contributed by atoms with Gasteiger partial charge in [0.25, 0.3) is 5.91 Å². The number of hydrogen-bond donors (Lipinski definition) is 1. The molecule has 1 aliphatic heterocycles. The van der Waals surface area contributed by atoms with Gasteiger partial charge >= 0.3 is 6.61 Å². The van der Waals surface area contributed by atoms with Crippen LogP contribution in [0.1, 0.15) is 10.5 Å². The molecule has 0 atom stereocenters. The van der Waals surface area contributed by atoms with Crippen molar-refractivity contribution >= 4 is 15.9 Å². The molecule has 0 bridgehead atoms. The zero-order chi connectivity index (χ0) is 15.1. The van der Waals surface area contributed by atoms with Crippen LogP contribution in [0, 0.1) is 0 Å². The van der Waals surface area contributed by atoms with E-state index in [9.17, 15) is 22.0 Å².